The van der Waals surface area contributed by atoms with Gasteiger partial charge in [-0.3, -0.25) is 9.59 Å². The van der Waals surface area contributed by atoms with E-state index in [4.69, 9.17) is 5.73 Å². The Morgan fingerprint density at radius 3 is 2.59 bits per heavy atom. The summed E-state index contributed by atoms with van der Waals surface area (Å²) in [5.74, 6) is 0.185. The minimum Gasteiger partial charge on any atom is -0.369 e. The van der Waals surface area contributed by atoms with Crippen molar-refractivity contribution in [1.29, 1.82) is 0 Å². The molecule has 3 aliphatic rings. The smallest absolute Gasteiger partial charge is 0.226 e. The number of carbonyl (C=O) groups is 2. The molecule has 5 rings (SSSR count). The van der Waals surface area contributed by atoms with Crippen LogP contribution in [0.15, 0.2) is 41.8 Å². The summed E-state index contributed by atoms with van der Waals surface area (Å²) < 4.78 is 0. The average molecular weight is 409 g/mol. The Balaban J connectivity index is 1.40. The number of likely N-dealkylation sites (tertiary alicyclic amines) is 1. The van der Waals surface area contributed by atoms with Gasteiger partial charge >= 0.3 is 0 Å². The largest absolute Gasteiger partial charge is 0.369 e. The summed E-state index contributed by atoms with van der Waals surface area (Å²) in [5.41, 5.74) is 7.94. The van der Waals surface area contributed by atoms with E-state index in [9.17, 15) is 9.59 Å². The molecule has 1 aromatic carbocycles. The monoisotopic (exact) mass is 408 g/mol. The lowest BCUT2D eigenvalue weighted by Crippen LogP contribution is -2.54. The van der Waals surface area contributed by atoms with E-state index in [1.807, 2.05) is 23.1 Å². The molecule has 29 heavy (non-hydrogen) atoms. The molecule has 2 N–H and O–H groups in total. The van der Waals surface area contributed by atoms with E-state index in [2.05, 4.69) is 23.6 Å². The van der Waals surface area contributed by atoms with Crippen molar-refractivity contribution in [1.82, 2.24) is 4.90 Å². The Morgan fingerprint density at radius 2 is 1.93 bits per heavy atom. The van der Waals surface area contributed by atoms with Crippen LogP contribution in [0.3, 0.4) is 0 Å². The highest BCUT2D eigenvalue weighted by Gasteiger charge is 2.62. The lowest BCUT2D eigenvalue weighted by atomic mass is 9.73. The maximum atomic E-state index is 13.2. The zero-order valence-electron chi connectivity index (χ0n) is 16.7. The van der Waals surface area contributed by atoms with Crippen molar-refractivity contribution in [3.8, 4) is 10.4 Å². The Bertz CT molecular complexity index is 934. The second-order valence-corrected chi connectivity index (χ2v) is 10.2. The van der Waals surface area contributed by atoms with E-state index in [-0.39, 0.29) is 17.7 Å². The van der Waals surface area contributed by atoms with E-state index in [0.717, 1.165) is 31.4 Å². The number of nitrogens with zero attached hydrogens (tertiary/aromatic N) is 1. The molecular weight excluding hydrogens is 380 g/mol. The van der Waals surface area contributed by atoms with Crippen LogP contribution in [-0.2, 0) is 16.0 Å². The first-order valence-electron chi connectivity index (χ1n) is 10.7. The number of amides is 2. The Labute approximate surface area is 176 Å². The Kier molecular flexibility index (Phi) is 4.54. The van der Waals surface area contributed by atoms with Crippen molar-refractivity contribution >= 4 is 23.2 Å². The molecule has 0 radical (unpaired) electrons. The highest BCUT2D eigenvalue weighted by molar-refractivity contribution is 7.13. The lowest BCUT2D eigenvalue weighted by Gasteiger charge is -2.42. The third-order valence-electron chi connectivity index (χ3n) is 7.58. The summed E-state index contributed by atoms with van der Waals surface area (Å²) >= 11 is 1.71. The molecule has 0 unspecified atom stereocenters. The van der Waals surface area contributed by atoms with Crippen molar-refractivity contribution in [3.63, 3.8) is 0 Å². The van der Waals surface area contributed by atoms with Crippen LogP contribution < -0.4 is 5.73 Å². The number of thiophene rings is 1. The molecule has 3 fully saturated rings. The second-order valence-electron chi connectivity index (χ2n) is 9.29. The highest BCUT2D eigenvalue weighted by Crippen LogP contribution is 2.66. The van der Waals surface area contributed by atoms with Crippen LogP contribution in [0.4, 0.5) is 0 Å². The van der Waals surface area contributed by atoms with Gasteiger partial charge < -0.3 is 10.6 Å². The summed E-state index contributed by atoms with van der Waals surface area (Å²) in [6.07, 6.45) is 6.90. The quantitative estimate of drug-likeness (QED) is 0.804. The standard InChI is InChI=1S/C24H28N2O2S/c25-22(28)24(14-17-6-1-2-7-18(17)20-8-3-13-29-20)11-5-12-26(16-24)21(27)19-15-23(19)9-4-10-23/h1-3,6-8,13,19H,4-5,9-12,14-16H2,(H2,25,28)/t19-,24+/m0/s1. The van der Waals surface area contributed by atoms with Gasteiger partial charge in [0.1, 0.15) is 0 Å². The van der Waals surface area contributed by atoms with Crippen molar-refractivity contribution in [3.05, 3.63) is 47.3 Å². The molecule has 2 atom stereocenters. The topological polar surface area (TPSA) is 63.4 Å². The first-order valence-corrected chi connectivity index (χ1v) is 11.6. The van der Waals surface area contributed by atoms with Gasteiger partial charge in [-0.2, -0.15) is 0 Å². The number of hydrogen-bond donors (Lipinski definition) is 1. The van der Waals surface area contributed by atoms with Gasteiger partial charge in [0.25, 0.3) is 0 Å². The normalized spacial score (nSPS) is 27.4. The number of rotatable bonds is 5. The maximum Gasteiger partial charge on any atom is 0.226 e. The third-order valence-corrected chi connectivity index (χ3v) is 8.48. The van der Waals surface area contributed by atoms with Gasteiger partial charge in [0.2, 0.25) is 11.8 Å². The van der Waals surface area contributed by atoms with Crippen LogP contribution in [0.2, 0.25) is 0 Å². The summed E-state index contributed by atoms with van der Waals surface area (Å²) in [6.45, 7) is 1.22. The first-order chi connectivity index (χ1) is 14.0. The molecular formula is C24H28N2O2S. The van der Waals surface area contributed by atoms with Crippen molar-refractivity contribution in [2.75, 3.05) is 13.1 Å². The number of benzene rings is 1. The van der Waals surface area contributed by atoms with E-state index in [1.54, 1.807) is 11.3 Å². The van der Waals surface area contributed by atoms with Gasteiger partial charge in [0.15, 0.2) is 0 Å². The van der Waals surface area contributed by atoms with Crippen LogP contribution in [0.5, 0.6) is 0 Å². The first kappa shape index (κ1) is 18.9. The number of carbonyl (C=O) groups excluding carboxylic acids is 2. The van der Waals surface area contributed by atoms with E-state index < -0.39 is 5.41 Å². The van der Waals surface area contributed by atoms with Crippen LogP contribution in [0, 0.1) is 16.7 Å². The van der Waals surface area contributed by atoms with Gasteiger partial charge in [-0.15, -0.1) is 11.3 Å². The minimum absolute atomic E-state index is 0.193. The SMILES string of the molecule is NC(=O)[C@@]1(Cc2ccccc2-c2cccs2)CCCN(C(=O)[C@@H]2CC23CCC3)C1. The molecule has 2 aromatic rings. The van der Waals surface area contributed by atoms with Crippen LogP contribution >= 0.6 is 11.3 Å². The fourth-order valence-electron chi connectivity index (χ4n) is 5.56. The number of hydrogen-bond acceptors (Lipinski definition) is 3. The molecule has 1 saturated heterocycles. The molecule has 2 aliphatic carbocycles. The predicted molar refractivity (Wildman–Crippen MR) is 115 cm³/mol. The van der Waals surface area contributed by atoms with Crippen molar-refractivity contribution in [2.45, 2.75) is 44.9 Å². The highest BCUT2D eigenvalue weighted by atomic mass is 32.1. The second kappa shape index (κ2) is 6.98. The van der Waals surface area contributed by atoms with E-state index in [1.165, 1.54) is 29.7 Å². The maximum absolute atomic E-state index is 13.2. The van der Waals surface area contributed by atoms with Crippen LogP contribution in [0.1, 0.15) is 44.1 Å². The molecule has 2 amide bonds. The summed E-state index contributed by atoms with van der Waals surface area (Å²) in [7, 11) is 0. The van der Waals surface area contributed by atoms with Crippen molar-refractivity contribution < 1.29 is 9.59 Å². The fraction of sp³-hybridized carbons (Fsp3) is 0.500. The molecule has 4 nitrogen and oxygen atoms in total. The summed E-state index contributed by atoms with van der Waals surface area (Å²) in [5, 5.41) is 2.07. The van der Waals surface area contributed by atoms with Crippen LogP contribution in [-0.4, -0.2) is 29.8 Å². The number of primary amides is 1. The van der Waals surface area contributed by atoms with Gasteiger partial charge in [-0.1, -0.05) is 36.8 Å². The molecule has 1 spiro atoms. The van der Waals surface area contributed by atoms with E-state index in [0.29, 0.717) is 18.4 Å². The van der Waals surface area contributed by atoms with Gasteiger partial charge in [0, 0.05) is 23.9 Å². The van der Waals surface area contributed by atoms with Crippen molar-refractivity contribution in [2.24, 2.45) is 22.5 Å². The lowest BCUT2D eigenvalue weighted by molar-refractivity contribution is -0.141. The molecule has 0 bridgehead atoms. The average Bonchev–Trinajstić information content (AvgIpc) is 3.26. The minimum atomic E-state index is -0.678. The Hall–Kier alpha value is -2.14. The molecule has 5 heteroatoms. The van der Waals surface area contributed by atoms with Gasteiger partial charge in [0.05, 0.1) is 5.41 Å². The number of piperidine rings is 1. The van der Waals surface area contributed by atoms with Gasteiger partial charge in [-0.05, 0) is 66.5 Å². The molecule has 2 heterocycles. The molecule has 2 saturated carbocycles. The predicted octanol–water partition coefficient (Wildman–Crippen LogP) is 4.24. The zero-order chi connectivity index (χ0) is 20.1. The van der Waals surface area contributed by atoms with Crippen LogP contribution in [0.25, 0.3) is 10.4 Å². The molecule has 152 valence electrons. The number of nitrogens with two attached hydrogens (primary N) is 1. The molecule has 1 aromatic heterocycles. The Morgan fingerprint density at radius 1 is 1.10 bits per heavy atom. The summed E-state index contributed by atoms with van der Waals surface area (Å²) in [6, 6.07) is 12.4. The molecule has 1 aliphatic heterocycles. The van der Waals surface area contributed by atoms with E-state index >= 15 is 0 Å². The van der Waals surface area contributed by atoms with Gasteiger partial charge in [-0.25, -0.2) is 0 Å². The zero-order valence-corrected chi connectivity index (χ0v) is 17.5. The summed E-state index contributed by atoms with van der Waals surface area (Å²) in [4.78, 5) is 29.0. The fourth-order valence-corrected chi connectivity index (χ4v) is 6.35. The third kappa shape index (κ3) is 3.20.